The largest absolute Gasteiger partial charge is 0.457 e. The van der Waals surface area contributed by atoms with Crippen LogP contribution in [0.2, 0.25) is 0 Å². The van der Waals surface area contributed by atoms with Gasteiger partial charge < -0.3 is 10.1 Å². The third-order valence-electron chi connectivity index (χ3n) is 4.93. The Bertz CT molecular complexity index is 1190. The van der Waals surface area contributed by atoms with Gasteiger partial charge in [-0.15, -0.1) is 0 Å². The summed E-state index contributed by atoms with van der Waals surface area (Å²) in [7, 11) is 0. The minimum Gasteiger partial charge on any atom is -0.457 e. The average Bonchev–Trinajstić information content (AvgIpc) is 3.18. The predicted octanol–water partition coefficient (Wildman–Crippen LogP) is 5.76. The molecule has 7 heteroatoms. The van der Waals surface area contributed by atoms with Crippen molar-refractivity contribution in [3.8, 4) is 11.5 Å². The molecule has 1 aromatic heterocycles. The van der Waals surface area contributed by atoms with Gasteiger partial charge in [0.1, 0.15) is 17.3 Å². The summed E-state index contributed by atoms with van der Waals surface area (Å²) in [6.45, 7) is -0.818. The summed E-state index contributed by atoms with van der Waals surface area (Å²) in [6.07, 6.45) is 0. The first-order valence-electron chi connectivity index (χ1n) is 9.89. The van der Waals surface area contributed by atoms with Crippen LogP contribution in [0.5, 0.6) is 11.5 Å². The molecular formula is C24H21F2N3O2. The van der Waals surface area contributed by atoms with Crippen molar-refractivity contribution in [1.82, 2.24) is 14.9 Å². The van der Waals surface area contributed by atoms with Crippen molar-refractivity contribution in [3.05, 3.63) is 90.3 Å². The number of ether oxygens (including phenoxy) is 1. The second-order valence-electron chi connectivity index (χ2n) is 7.13. The Hall–Kier alpha value is -3.74. The number of benzene rings is 3. The van der Waals surface area contributed by atoms with E-state index in [4.69, 9.17) is 4.74 Å². The summed E-state index contributed by atoms with van der Waals surface area (Å²) in [5.74, 6) is 0.483. The standard InChI is InChI=1S/C24H21F2N3O2/c1-16(22-28-19-12-6-7-13-20(19)29(22)24(25)26)15-27-23(30)18-11-5-8-14-21(18)31-17-9-3-2-4-10-17/h2-14,16,24H,15H2,1H3,(H,27,30)/t16-/m1/s1. The lowest BCUT2D eigenvalue weighted by molar-refractivity contribution is 0.0704. The minimum atomic E-state index is -2.72. The molecule has 4 rings (SSSR count). The van der Waals surface area contributed by atoms with E-state index < -0.39 is 12.5 Å². The van der Waals surface area contributed by atoms with Crippen LogP contribution >= 0.6 is 0 Å². The Kier molecular flexibility index (Phi) is 5.93. The highest BCUT2D eigenvalue weighted by molar-refractivity contribution is 5.97. The number of para-hydroxylation sites is 4. The van der Waals surface area contributed by atoms with Crippen LogP contribution in [0, 0.1) is 0 Å². The van der Waals surface area contributed by atoms with Crippen molar-refractivity contribution in [2.24, 2.45) is 0 Å². The number of rotatable bonds is 7. The van der Waals surface area contributed by atoms with E-state index in [2.05, 4.69) is 10.3 Å². The molecule has 0 radical (unpaired) electrons. The molecule has 0 aliphatic carbocycles. The topological polar surface area (TPSA) is 56.1 Å². The lowest BCUT2D eigenvalue weighted by Gasteiger charge is -2.16. The summed E-state index contributed by atoms with van der Waals surface area (Å²) < 4.78 is 34.1. The fourth-order valence-corrected chi connectivity index (χ4v) is 3.41. The lowest BCUT2D eigenvalue weighted by Crippen LogP contribution is -2.29. The molecule has 0 spiro atoms. The zero-order chi connectivity index (χ0) is 21.8. The molecule has 1 heterocycles. The highest BCUT2D eigenvalue weighted by Crippen LogP contribution is 2.28. The molecule has 0 aliphatic heterocycles. The van der Waals surface area contributed by atoms with Crippen molar-refractivity contribution in [1.29, 1.82) is 0 Å². The van der Waals surface area contributed by atoms with Gasteiger partial charge in [-0.1, -0.05) is 49.4 Å². The van der Waals surface area contributed by atoms with Gasteiger partial charge in [0.15, 0.2) is 0 Å². The molecule has 1 atom stereocenters. The predicted molar refractivity (Wildman–Crippen MR) is 115 cm³/mol. The lowest BCUT2D eigenvalue weighted by atomic mass is 10.1. The molecule has 3 aromatic carbocycles. The number of carbonyl (C=O) groups excluding carboxylic acids is 1. The number of hydrogen-bond acceptors (Lipinski definition) is 3. The van der Waals surface area contributed by atoms with Crippen LogP contribution in [-0.4, -0.2) is 22.0 Å². The highest BCUT2D eigenvalue weighted by Gasteiger charge is 2.22. The molecule has 0 bridgehead atoms. The van der Waals surface area contributed by atoms with E-state index in [-0.39, 0.29) is 18.3 Å². The van der Waals surface area contributed by atoms with Crippen molar-refractivity contribution < 1.29 is 18.3 Å². The molecule has 0 saturated carbocycles. The Morgan fingerprint density at radius 3 is 2.45 bits per heavy atom. The summed E-state index contributed by atoms with van der Waals surface area (Å²) >= 11 is 0. The van der Waals surface area contributed by atoms with Crippen LogP contribution in [0.15, 0.2) is 78.9 Å². The van der Waals surface area contributed by atoms with Gasteiger partial charge in [0, 0.05) is 12.5 Å². The Balaban J connectivity index is 1.51. The van der Waals surface area contributed by atoms with Crippen LogP contribution in [-0.2, 0) is 0 Å². The first kappa shape index (κ1) is 20.5. The molecule has 0 unspecified atom stereocenters. The molecule has 0 aliphatic rings. The monoisotopic (exact) mass is 421 g/mol. The van der Waals surface area contributed by atoms with Crippen molar-refractivity contribution in [2.75, 3.05) is 6.54 Å². The van der Waals surface area contributed by atoms with Crippen LogP contribution < -0.4 is 10.1 Å². The van der Waals surface area contributed by atoms with E-state index >= 15 is 0 Å². The number of aromatic nitrogens is 2. The van der Waals surface area contributed by atoms with E-state index in [1.165, 1.54) is 0 Å². The quantitative estimate of drug-likeness (QED) is 0.413. The van der Waals surface area contributed by atoms with Crippen molar-refractivity contribution in [3.63, 3.8) is 0 Å². The van der Waals surface area contributed by atoms with Crippen LogP contribution in [0.3, 0.4) is 0 Å². The Labute approximate surface area is 178 Å². The second kappa shape index (κ2) is 8.95. The number of carbonyl (C=O) groups is 1. The van der Waals surface area contributed by atoms with Gasteiger partial charge in [-0.05, 0) is 36.4 Å². The fourth-order valence-electron chi connectivity index (χ4n) is 3.41. The number of nitrogens with zero attached hydrogens (tertiary/aromatic N) is 2. The molecular weight excluding hydrogens is 400 g/mol. The fraction of sp³-hybridized carbons (Fsp3) is 0.167. The van der Waals surface area contributed by atoms with Crippen molar-refractivity contribution >= 4 is 16.9 Å². The highest BCUT2D eigenvalue weighted by atomic mass is 19.3. The van der Waals surface area contributed by atoms with E-state index in [0.29, 0.717) is 28.1 Å². The summed E-state index contributed by atoms with van der Waals surface area (Å²) in [4.78, 5) is 17.2. The molecule has 0 saturated heterocycles. The van der Waals surface area contributed by atoms with E-state index in [0.717, 1.165) is 4.57 Å². The normalized spacial score (nSPS) is 12.1. The second-order valence-corrected chi connectivity index (χ2v) is 7.13. The number of nitrogens with one attached hydrogen (secondary N) is 1. The summed E-state index contributed by atoms with van der Waals surface area (Å²) in [5.41, 5.74) is 1.23. The SMILES string of the molecule is C[C@H](CNC(=O)c1ccccc1Oc1ccccc1)c1nc2ccccc2n1C(F)F. The van der Waals surface area contributed by atoms with Gasteiger partial charge in [-0.3, -0.25) is 9.36 Å². The first-order chi connectivity index (χ1) is 15.0. The van der Waals surface area contributed by atoms with E-state index in [1.807, 2.05) is 18.2 Å². The van der Waals surface area contributed by atoms with Crippen LogP contribution in [0.1, 0.15) is 35.6 Å². The molecule has 0 fully saturated rings. The molecule has 31 heavy (non-hydrogen) atoms. The maximum absolute atomic E-state index is 13.7. The maximum Gasteiger partial charge on any atom is 0.320 e. The third-order valence-corrected chi connectivity index (χ3v) is 4.93. The molecule has 1 amide bonds. The summed E-state index contributed by atoms with van der Waals surface area (Å²) in [5, 5.41) is 2.82. The molecule has 158 valence electrons. The molecule has 1 N–H and O–H groups in total. The number of imidazole rings is 1. The number of alkyl halides is 2. The van der Waals surface area contributed by atoms with E-state index in [1.54, 1.807) is 67.6 Å². The van der Waals surface area contributed by atoms with Gasteiger partial charge in [0.25, 0.3) is 5.91 Å². The number of hydrogen-bond donors (Lipinski definition) is 1. The summed E-state index contributed by atoms with van der Waals surface area (Å²) in [6, 6.07) is 22.8. The molecule has 4 aromatic rings. The number of halogens is 2. The van der Waals surface area contributed by atoms with Gasteiger partial charge >= 0.3 is 6.55 Å². The van der Waals surface area contributed by atoms with Crippen LogP contribution in [0.4, 0.5) is 8.78 Å². The zero-order valence-electron chi connectivity index (χ0n) is 16.8. The Morgan fingerprint density at radius 2 is 1.68 bits per heavy atom. The zero-order valence-corrected chi connectivity index (χ0v) is 16.8. The average molecular weight is 421 g/mol. The van der Waals surface area contributed by atoms with Gasteiger partial charge in [-0.25, -0.2) is 4.98 Å². The minimum absolute atomic E-state index is 0.147. The van der Waals surface area contributed by atoms with Gasteiger partial charge in [0.05, 0.1) is 16.6 Å². The number of fused-ring (bicyclic) bond motifs is 1. The molecule has 5 nitrogen and oxygen atoms in total. The van der Waals surface area contributed by atoms with Crippen molar-refractivity contribution in [2.45, 2.75) is 19.4 Å². The van der Waals surface area contributed by atoms with Crippen LogP contribution in [0.25, 0.3) is 11.0 Å². The van der Waals surface area contributed by atoms with E-state index in [9.17, 15) is 13.6 Å². The third kappa shape index (κ3) is 4.40. The maximum atomic E-state index is 13.7. The number of amides is 1. The van der Waals surface area contributed by atoms with Gasteiger partial charge in [-0.2, -0.15) is 8.78 Å². The van der Waals surface area contributed by atoms with Gasteiger partial charge in [0.2, 0.25) is 0 Å². The Morgan fingerprint density at radius 1 is 1.00 bits per heavy atom. The smallest absolute Gasteiger partial charge is 0.320 e. The first-order valence-corrected chi connectivity index (χ1v) is 9.89.